The van der Waals surface area contributed by atoms with Gasteiger partial charge in [0.15, 0.2) is 5.76 Å². The number of benzene rings is 1. The van der Waals surface area contributed by atoms with E-state index in [1.807, 2.05) is 4.90 Å². The maximum atomic E-state index is 13.2. The molecule has 1 N–H and O–H groups in total. The molecule has 164 valence electrons. The lowest BCUT2D eigenvalue weighted by molar-refractivity contribution is 0.0595. The number of nitrogens with one attached hydrogen (secondary N) is 1. The van der Waals surface area contributed by atoms with Gasteiger partial charge in [0.2, 0.25) is 0 Å². The summed E-state index contributed by atoms with van der Waals surface area (Å²) >= 11 is 0. The highest BCUT2D eigenvalue weighted by Crippen LogP contribution is 2.39. The van der Waals surface area contributed by atoms with Gasteiger partial charge in [-0.15, -0.1) is 0 Å². The number of aromatic nitrogens is 1. The van der Waals surface area contributed by atoms with Gasteiger partial charge in [-0.2, -0.15) is 0 Å². The number of nitrogens with zero attached hydrogens (tertiary/aromatic N) is 2. The number of pyridine rings is 1. The molecular formula is C24H23N3O5. The van der Waals surface area contributed by atoms with Crippen molar-refractivity contribution in [2.24, 2.45) is 5.92 Å². The lowest BCUT2D eigenvalue weighted by Crippen LogP contribution is -2.49. The van der Waals surface area contributed by atoms with E-state index >= 15 is 0 Å². The van der Waals surface area contributed by atoms with E-state index in [0.717, 1.165) is 12.1 Å². The summed E-state index contributed by atoms with van der Waals surface area (Å²) in [4.78, 5) is 40.2. The van der Waals surface area contributed by atoms with E-state index in [9.17, 15) is 14.4 Å². The van der Waals surface area contributed by atoms with Crippen molar-refractivity contribution in [1.29, 1.82) is 0 Å². The maximum Gasteiger partial charge on any atom is 0.291 e. The molecule has 8 nitrogen and oxygen atoms in total. The summed E-state index contributed by atoms with van der Waals surface area (Å²) in [5.74, 6) is 0.601. The summed E-state index contributed by atoms with van der Waals surface area (Å²) in [5, 5.41) is 2.88. The standard InChI is InChI=1S/C24H23N3O5/c1-31-18-6-4-16(5-7-18)24(30)26-12-15-11-17(14-26)22-19(8-9-21(28)27(22)13-15)25-23(29)20-3-2-10-32-20/h2-10,15,17H,11-14H2,1H3,(H,25,29)/t15-,17-/m1/s1. The Morgan fingerprint density at radius 3 is 2.59 bits per heavy atom. The Balaban J connectivity index is 1.43. The number of carbonyl (C=O) groups excluding carboxylic acids is 2. The summed E-state index contributed by atoms with van der Waals surface area (Å²) in [5.41, 5.74) is 1.84. The quantitative estimate of drug-likeness (QED) is 0.683. The number of ether oxygens (including phenoxy) is 1. The number of methoxy groups -OCH3 is 1. The van der Waals surface area contributed by atoms with Crippen molar-refractivity contribution >= 4 is 17.5 Å². The van der Waals surface area contributed by atoms with Gasteiger partial charge in [0.25, 0.3) is 17.4 Å². The minimum absolute atomic E-state index is 0.0461. The van der Waals surface area contributed by atoms with Gasteiger partial charge in [0, 0.05) is 42.9 Å². The Morgan fingerprint density at radius 2 is 1.88 bits per heavy atom. The van der Waals surface area contributed by atoms with Crippen molar-refractivity contribution in [1.82, 2.24) is 9.47 Å². The molecule has 32 heavy (non-hydrogen) atoms. The molecule has 2 atom stereocenters. The normalized spacial score (nSPS) is 19.2. The lowest BCUT2D eigenvalue weighted by Gasteiger charge is -2.43. The Labute approximate surface area is 184 Å². The summed E-state index contributed by atoms with van der Waals surface area (Å²) in [6, 6.07) is 13.4. The highest BCUT2D eigenvalue weighted by atomic mass is 16.5. The van der Waals surface area contributed by atoms with Gasteiger partial charge in [-0.3, -0.25) is 14.4 Å². The molecule has 2 aromatic heterocycles. The van der Waals surface area contributed by atoms with Crippen LogP contribution in [0, 0.1) is 5.92 Å². The summed E-state index contributed by atoms with van der Waals surface area (Å²) < 4.78 is 12.1. The van der Waals surface area contributed by atoms with Crippen LogP contribution in [0.4, 0.5) is 5.69 Å². The summed E-state index contributed by atoms with van der Waals surface area (Å²) in [7, 11) is 1.59. The smallest absolute Gasteiger partial charge is 0.291 e. The third-order valence-corrected chi connectivity index (χ3v) is 6.21. The third kappa shape index (κ3) is 3.57. The molecule has 0 saturated carbocycles. The van der Waals surface area contributed by atoms with E-state index < -0.39 is 0 Å². The first-order valence-corrected chi connectivity index (χ1v) is 10.6. The fraction of sp³-hybridized carbons (Fsp3) is 0.292. The van der Waals surface area contributed by atoms with Crippen LogP contribution in [-0.2, 0) is 6.54 Å². The second-order valence-electron chi connectivity index (χ2n) is 8.25. The molecule has 1 fully saturated rings. The number of hydrogen-bond acceptors (Lipinski definition) is 5. The molecular weight excluding hydrogens is 410 g/mol. The zero-order chi connectivity index (χ0) is 22.2. The molecule has 5 rings (SSSR count). The molecule has 0 unspecified atom stereocenters. The second-order valence-corrected chi connectivity index (χ2v) is 8.25. The molecule has 3 aromatic rings. The monoisotopic (exact) mass is 433 g/mol. The minimum atomic E-state index is -0.374. The van der Waals surface area contributed by atoms with Gasteiger partial charge >= 0.3 is 0 Å². The lowest BCUT2D eigenvalue weighted by atomic mass is 9.82. The van der Waals surface area contributed by atoms with Gasteiger partial charge in [0.05, 0.1) is 19.1 Å². The number of hydrogen-bond donors (Lipinski definition) is 1. The van der Waals surface area contributed by atoms with E-state index in [-0.39, 0.29) is 35.0 Å². The largest absolute Gasteiger partial charge is 0.497 e. The highest BCUT2D eigenvalue weighted by molar-refractivity contribution is 6.02. The van der Waals surface area contributed by atoms with Crippen LogP contribution >= 0.6 is 0 Å². The summed E-state index contributed by atoms with van der Waals surface area (Å²) in [6.45, 7) is 1.59. The van der Waals surface area contributed by atoms with E-state index in [0.29, 0.717) is 36.6 Å². The zero-order valence-electron chi connectivity index (χ0n) is 17.6. The SMILES string of the molecule is COc1ccc(C(=O)N2C[C@H]3C[C@H](C2)c2c(NC(=O)c4ccco4)ccc(=O)n2C3)cc1. The Kier molecular flexibility index (Phi) is 5.05. The number of fused-ring (bicyclic) bond motifs is 4. The van der Waals surface area contributed by atoms with Crippen molar-refractivity contribution < 1.29 is 18.7 Å². The van der Waals surface area contributed by atoms with Crippen LogP contribution in [0.25, 0.3) is 0 Å². The average molecular weight is 433 g/mol. The van der Waals surface area contributed by atoms with Crippen LogP contribution in [0.2, 0.25) is 0 Å². The predicted molar refractivity (Wildman–Crippen MR) is 117 cm³/mol. The van der Waals surface area contributed by atoms with Gasteiger partial charge in [0.1, 0.15) is 5.75 Å². The molecule has 4 heterocycles. The van der Waals surface area contributed by atoms with Crippen molar-refractivity contribution in [2.45, 2.75) is 18.9 Å². The number of likely N-dealkylation sites (tertiary alicyclic amines) is 1. The average Bonchev–Trinajstić information content (AvgIpc) is 3.35. The maximum absolute atomic E-state index is 13.2. The first-order valence-electron chi connectivity index (χ1n) is 10.6. The molecule has 2 bridgehead atoms. The first-order chi connectivity index (χ1) is 15.5. The summed E-state index contributed by atoms with van der Waals surface area (Å²) in [6.07, 6.45) is 2.30. The van der Waals surface area contributed by atoms with Crippen LogP contribution in [-0.4, -0.2) is 41.5 Å². The van der Waals surface area contributed by atoms with Crippen LogP contribution < -0.4 is 15.6 Å². The van der Waals surface area contributed by atoms with Crippen molar-refractivity contribution in [2.75, 3.05) is 25.5 Å². The van der Waals surface area contributed by atoms with E-state index in [2.05, 4.69) is 5.32 Å². The van der Waals surface area contributed by atoms with E-state index in [4.69, 9.17) is 9.15 Å². The molecule has 2 aliphatic heterocycles. The van der Waals surface area contributed by atoms with Crippen LogP contribution in [0.1, 0.15) is 38.9 Å². The molecule has 0 radical (unpaired) electrons. The molecule has 8 heteroatoms. The highest BCUT2D eigenvalue weighted by Gasteiger charge is 2.38. The number of furan rings is 1. The fourth-order valence-corrected chi connectivity index (χ4v) is 4.79. The Hall–Kier alpha value is -3.81. The molecule has 1 aromatic carbocycles. The van der Waals surface area contributed by atoms with Crippen molar-refractivity contribution in [3.8, 4) is 5.75 Å². The van der Waals surface area contributed by atoms with Gasteiger partial charge < -0.3 is 23.9 Å². The second kappa shape index (κ2) is 8.03. The van der Waals surface area contributed by atoms with E-state index in [1.165, 1.54) is 12.3 Å². The molecule has 1 saturated heterocycles. The van der Waals surface area contributed by atoms with Gasteiger partial charge in [-0.25, -0.2) is 0 Å². The number of anilines is 1. The first kappa shape index (κ1) is 20.1. The minimum Gasteiger partial charge on any atom is -0.497 e. The van der Waals surface area contributed by atoms with Crippen LogP contribution in [0.3, 0.4) is 0 Å². The third-order valence-electron chi connectivity index (χ3n) is 6.21. The fourth-order valence-electron chi connectivity index (χ4n) is 4.79. The van der Waals surface area contributed by atoms with Gasteiger partial charge in [-0.1, -0.05) is 0 Å². The Bertz CT molecular complexity index is 1210. The number of piperidine rings is 1. The molecule has 2 amide bonds. The van der Waals surface area contributed by atoms with E-state index in [1.54, 1.807) is 54.1 Å². The Morgan fingerprint density at radius 1 is 1.06 bits per heavy atom. The van der Waals surface area contributed by atoms with Gasteiger partial charge in [-0.05, 0) is 54.8 Å². The van der Waals surface area contributed by atoms with Crippen LogP contribution in [0.15, 0.2) is 64.0 Å². The number of amides is 2. The number of carbonyl (C=O) groups is 2. The molecule has 0 aliphatic carbocycles. The van der Waals surface area contributed by atoms with Crippen molar-refractivity contribution in [3.63, 3.8) is 0 Å². The molecule has 0 spiro atoms. The predicted octanol–water partition coefficient (Wildman–Crippen LogP) is 2.96. The zero-order valence-corrected chi connectivity index (χ0v) is 17.6. The topological polar surface area (TPSA) is 93.8 Å². The van der Waals surface area contributed by atoms with Crippen molar-refractivity contribution in [3.05, 3.63) is 82.2 Å². The molecule has 2 aliphatic rings. The van der Waals surface area contributed by atoms with Crippen LogP contribution in [0.5, 0.6) is 5.75 Å². The number of rotatable bonds is 4.